The van der Waals surface area contributed by atoms with Crippen molar-refractivity contribution in [3.63, 3.8) is 0 Å². The third-order valence-electron chi connectivity index (χ3n) is 5.01. The first-order valence-corrected chi connectivity index (χ1v) is 12.9. The summed E-state index contributed by atoms with van der Waals surface area (Å²) in [6, 6.07) is 22.6. The highest BCUT2D eigenvalue weighted by atomic mass is 32.2. The van der Waals surface area contributed by atoms with E-state index in [1.807, 2.05) is 61.5 Å². The number of carbonyl (C=O) groups is 1. The van der Waals surface area contributed by atoms with Crippen LogP contribution in [0.5, 0.6) is 11.5 Å². The molecule has 8 nitrogen and oxygen atoms in total. The average molecular weight is 496 g/mol. The van der Waals surface area contributed by atoms with Crippen LogP contribution in [0.15, 0.2) is 84.0 Å². The smallest absolute Gasteiger partial charge is 0.263 e. The van der Waals surface area contributed by atoms with Gasteiger partial charge in [0.2, 0.25) is 10.0 Å². The lowest BCUT2D eigenvalue weighted by molar-refractivity contribution is -0.121. The van der Waals surface area contributed by atoms with Gasteiger partial charge in [0, 0.05) is 0 Å². The van der Waals surface area contributed by atoms with Crippen molar-refractivity contribution >= 4 is 27.8 Å². The van der Waals surface area contributed by atoms with Gasteiger partial charge in [0.25, 0.3) is 5.91 Å². The molecule has 0 fully saturated rings. The second-order valence-corrected chi connectivity index (χ2v) is 9.60. The monoisotopic (exact) mass is 495 g/mol. The molecule has 3 rings (SSSR count). The number of hydrazone groups is 1. The summed E-state index contributed by atoms with van der Waals surface area (Å²) in [6.45, 7) is 4.32. The molecule has 0 aliphatic carbocycles. The Bertz CT molecular complexity index is 1230. The predicted octanol–water partition coefficient (Wildman–Crippen LogP) is 3.97. The highest BCUT2D eigenvalue weighted by Gasteiger charge is 2.29. The van der Waals surface area contributed by atoms with E-state index in [2.05, 4.69) is 10.5 Å². The summed E-state index contributed by atoms with van der Waals surface area (Å²) in [4.78, 5) is 12.7. The lowest BCUT2D eigenvalue weighted by Crippen LogP contribution is -2.46. The van der Waals surface area contributed by atoms with Gasteiger partial charge < -0.3 is 9.47 Å². The molecular formula is C26H29N3O5S. The zero-order chi connectivity index (χ0) is 25.3. The number of amides is 1. The average Bonchev–Trinajstić information content (AvgIpc) is 2.84. The zero-order valence-electron chi connectivity index (χ0n) is 19.9. The predicted molar refractivity (Wildman–Crippen MR) is 137 cm³/mol. The van der Waals surface area contributed by atoms with E-state index in [0.717, 1.165) is 21.7 Å². The molecule has 3 aromatic carbocycles. The van der Waals surface area contributed by atoms with E-state index in [1.54, 1.807) is 24.3 Å². The maximum Gasteiger partial charge on any atom is 0.263 e. The number of ether oxygens (including phenoxy) is 2. The number of nitrogens with one attached hydrogen (secondary N) is 1. The molecule has 0 aromatic heterocycles. The third-order valence-corrected chi connectivity index (χ3v) is 6.25. The van der Waals surface area contributed by atoms with Crippen LogP contribution in [-0.4, -0.2) is 39.4 Å². The number of benzene rings is 3. The Labute approximate surface area is 206 Å². The van der Waals surface area contributed by atoms with Crippen LogP contribution in [0.2, 0.25) is 0 Å². The fourth-order valence-corrected chi connectivity index (χ4v) is 4.49. The Balaban J connectivity index is 1.59. The standard InChI is InChI=1S/C26H29N3O5S/c1-4-33-24-16-12-23(13-17-24)29(35(3,31)32)20(2)26(30)28-27-18-21-10-14-25(15-11-21)34-19-22-8-6-5-7-9-22/h5-18,20H,4,19H2,1-3H3,(H,28,30)/b27-18-/t20-/m0/s1. The van der Waals surface area contributed by atoms with Gasteiger partial charge in [0.05, 0.1) is 24.8 Å². The van der Waals surface area contributed by atoms with E-state index < -0.39 is 22.0 Å². The van der Waals surface area contributed by atoms with Gasteiger partial charge >= 0.3 is 0 Å². The Morgan fingerprint density at radius 1 is 0.971 bits per heavy atom. The van der Waals surface area contributed by atoms with Gasteiger partial charge in [-0.2, -0.15) is 5.10 Å². The van der Waals surface area contributed by atoms with Crippen LogP contribution in [0.25, 0.3) is 0 Å². The molecule has 1 amide bonds. The van der Waals surface area contributed by atoms with E-state index in [1.165, 1.54) is 13.1 Å². The Morgan fingerprint density at radius 3 is 2.17 bits per heavy atom. The van der Waals surface area contributed by atoms with Gasteiger partial charge in [0.1, 0.15) is 24.1 Å². The van der Waals surface area contributed by atoms with Gasteiger partial charge in [-0.05, 0) is 73.5 Å². The number of nitrogens with zero attached hydrogens (tertiary/aromatic N) is 2. The topological polar surface area (TPSA) is 97.3 Å². The van der Waals surface area contributed by atoms with Gasteiger partial charge in [0.15, 0.2) is 0 Å². The first-order valence-electron chi connectivity index (χ1n) is 11.1. The van der Waals surface area contributed by atoms with Gasteiger partial charge in [-0.25, -0.2) is 13.8 Å². The second-order valence-electron chi connectivity index (χ2n) is 7.74. The normalized spacial score (nSPS) is 12.2. The lowest BCUT2D eigenvalue weighted by Gasteiger charge is -2.27. The largest absolute Gasteiger partial charge is 0.494 e. The molecule has 0 unspecified atom stereocenters. The first-order chi connectivity index (χ1) is 16.8. The highest BCUT2D eigenvalue weighted by molar-refractivity contribution is 7.92. The number of carbonyl (C=O) groups excluding carboxylic acids is 1. The molecule has 0 bridgehead atoms. The summed E-state index contributed by atoms with van der Waals surface area (Å²) in [6.07, 6.45) is 2.53. The minimum Gasteiger partial charge on any atom is -0.494 e. The van der Waals surface area contributed by atoms with Gasteiger partial charge in [-0.1, -0.05) is 30.3 Å². The van der Waals surface area contributed by atoms with Crippen molar-refractivity contribution in [2.24, 2.45) is 5.10 Å². The summed E-state index contributed by atoms with van der Waals surface area (Å²) in [5.74, 6) is 0.758. The molecule has 1 atom stereocenters. The quantitative estimate of drug-likeness (QED) is 0.321. The zero-order valence-corrected chi connectivity index (χ0v) is 20.7. The number of sulfonamides is 1. The lowest BCUT2D eigenvalue weighted by atomic mass is 10.2. The minimum atomic E-state index is -3.73. The Morgan fingerprint density at radius 2 is 1.57 bits per heavy atom. The van der Waals surface area contributed by atoms with Crippen LogP contribution in [-0.2, 0) is 21.4 Å². The van der Waals surface area contributed by atoms with E-state index in [9.17, 15) is 13.2 Å². The summed E-state index contributed by atoms with van der Waals surface area (Å²) in [5, 5.41) is 3.98. The highest BCUT2D eigenvalue weighted by Crippen LogP contribution is 2.24. The SMILES string of the molecule is CCOc1ccc(N([C@@H](C)C(=O)N/N=C\c2ccc(OCc3ccccc3)cc2)S(C)(=O)=O)cc1. The van der Waals surface area contributed by atoms with Gasteiger partial charge in [-0.3, -0.25) is 9.10 Å². The summed E-state index contributed by atoms with van der Waals surface area (Å²) < 4.78 is 37.0. The molecular weight excluding hydrogens is 466 g/mol. The van der Waals surface area contributed by atoms with E-state index in [-0.39, 0.29) is 0 Å². The first kappa shape index (κ1) is 25.8. The third kappa shape index (κ3) is 7.58. The molecule has 184 valence electrons. The van der Waals surface area contributed by atoms with Crippen molar-refractivity contribution in [2.45, 2.75) is 26.5 Å². The van der Waals surface area contributed by atoms with Crippen LogP contribution in [0.4, 0.5) is 5.69 Å². The molecule has 3 aromatic rings. The fraction of sp³-hybridized carbons (Fsp3) is 0.231. The van der Waals surface area contributed by atoms with Crippen molar-refractivity contribution in [3.05, 3.63) is 90.0 Å². The van der Waals surface area contributed by atoms with Crippen molar-refractivity contribution < 1.29 is 22.7 Å². The molecule has 0 aliphatic heterocycles. The molecule has 9 heteroatoms. The van der Waals surface area contributed by atoms with Crippen molar-refractivity contribution in [2.75, 3.05) is 17.2 Å². The van der Waals surface area contributed by atoms with Crippen molar-refractivity contribution in [1.29, 1.82) is 0 Å². The number of rotatable bonds is 11. The molecule has 35 heavy (non-hydrogen) atoms. The van der Waals surface area contributed by atoms with Gasteiger partial charge in [-0.15, -0.1) is 0 Å². The number of hydrogen-bond acceptors (Lipinski definition) is 6. The molecule has 0 saturated heterocycles. The minimum absolute atomic E-state index is 0.355. The van der Waals surface area contributed by atoms with Crippen molar-refractivity contribution in [1.82, 2.24) is 5.43 Å². The molecule has 0 spiro atoms. The van der Waals surface area contributed by atoms with Crippen LogP contribution in [0.1, 0.15) is 25.0 Å². The van der Waals surface area contributed by atoms with Crippen LogP contribution in [0, 0.1) is 0 Å². The second kappa shape index (κ2) is 12.0. The number of anilines is 1. The van der Waals surface area contributed by atoms with Crippen LogP contribution < -0.4 is 19.2 Å². The molecule has 0 aliphatic rings. The van der Waals surface area contributed by atoms with E-state index >= 15 is 0 Å². The number of hydrogen-bond donors (Lipinski definition) is 1. The Kier molecular flexibility index (Phi) is 8.86. The fourth-order valence-electron chi connectivity index (χ4n) is 3.32. The molecule has 0 heterocycles. The molecule has 1 N–H and O–H groups in total. The summed E-state index contributed by atoms with van der Waals surface area (Å²) in [7, 11) is -3.73. The Hall–Kier alpha value is -3.85. The van der Waals surface area contributed by atoms with Crippen molar-refractivity contribution in [3.8, 4) is 11.5 Å². The molecule has 0 radical (unpaired) electrons. The van der Waals surface area contributed by atoms with Crippen LogP contribution >= 0.6 is 0 Å². The van der Waals surface area contributed by atoms with E-state index in [0.29, 0.717) is 30.4 Å². The van der Waals surface area contributed by atoms with Crippen LogP contribution in [0.3, 0.4) is 0 Å². The maximum atomic E-state index is 12.7. The summed E-state index contributed by atoms with van der Waals surface area (Å²) >= 11 is 0. The maximum absolute atomic E-state index is 12.7. The summed E-state index contributed by atoms with van der Waals surface area (Å²) in [5.41, 5.74) is 4.59. The van der Waals surface area contributed by atoms with E-state index in [4.69, 9.17) is 9.47 Å². The molecule has 0 saturated carbocycles.